The van der Waals surface area contributed by atoms with Crippen molar-refractivity contribution in [2.75, 3.05) is 12.3 Å². The average Bonchev–Trinajstić information content (AvgIpc) is 2.38. The summed E-state index contributed by atoms with van der Waals surface area (Å²) in [7, 11) is 0. The summed E-state index contributed by atoms with van der Waals surface area (Å²) in [4.78, 5) is 27.1. The van der Waals surface area contributed by atoms with E-state index in [9.17, 15) is 9.59 Å². The summed E-state index contributed by atoms with van der Waals surface area (Å²) in [6.07, 6.45) is 4.05. The molecule has 1 heterocycles. The van der Waals surface area contributed by atoms with E-state index < -0.39 is 0 Å². The molecule has 0 bridgehead atoms. The van der Waals surface area contributed by atoms with E-state index >= 15 is 0 Å². The van der Waals surface area contributed by atoms with Gasteiger partial charge < -0.3 is 16.4 Å². The monoisotopic (exact) mass is 300 g/mol. The first kappa shape index (κ1) is 18.2. The van der Waals surface area contributed by atoms with E-state index in [1.165, 1.54) is 12.4 Å². The molecule has 0 aliphatic carbocycles. The molecule has 2 amide bonds. The summed E-state index contributed by atoms with van der Waals surface area (Å²) < 4.78 is 0. The largest absolute Gasteiger partial charge is 0.398 e. The first-order chi connectivity index (χ1) is 9.04. The molecule has 0 aliphatic heterocycles. The van der Waals surface area contributed by atoms with Crippen LogP contribution in [-0.2, 0) is 4.79 Å². The highest BCUT2D eigenvalue weighted by atomic mass is 35.5. The van der Waals surface area contributed by atoms with Crippen LogP contribution in [0.3, 0.4) is 0 Å². The van der Waals surface area contributed by atoms with Gasteiger partial charge in [0.05, 0.1) is 5.56 Å². The second-order valence-electron chi connectivity index (χ2n) is 4.35. The third-order valence-corrected chi connectivity index (χ3v) is 2.76. The lowest BCUT2D eigenvalue weighted by Gasteiger charge is -2.11. The lowest BCUT2D eigenvalue weighted by molar-refractivity contribution is -0.121. The first-order valence-corrected chi connectivity index (χ1v) is 6.31. The van der Waals surface area contributed by atoms with Crippen LogP contribution in [0.25, 0.3) is 0 Å². The van der Waals surface area contributed by atoms with Crippen molar-refractivity contribution in [1.82, 2.24) is 15.6 Å². The van der Waals surface area contributed by atoms with Gasteiger partial charge in [-0.15, -0.1) is 12.4 Å². The third kappa shape index (κ3) is 5.88. The number of nitrogens with two attached hydrogens (primary N) is 1. The Balaban J connectivity index is 0.00000361. The van der Waals surface area contributed by atoms with Crippen molar-refractivity contribution in [3.8, 4) is 0 Å². The van der Waals surface area contributed by atoms with E-state index in [2.05, 4.69) is 15.6 Å². The van der Waals surface area contributed by atoms with E-state index in [0.29, 0.717) is 11.3 Å². The van der Waals surface area contributed by atoms with E-state index in [1.807, 2.05) is 13.8 Å². The van der Waals surface area contributed by atoms with Gasteiger partial charge in [-0.2, -0.15) is 0 Å². The molecule has 1 unspecified atom stereocenters. The standard InChI is InChI=1S/C13H20N4O2.ClH/c1-3-9(2)17-12(18)5-7-16-13(19)10-8-15-6-4-11(10)14;/h4,6,8-9H,3,5,7H2,1-2H3,(H2,14,15)(H,16,19)(H,17,18);1H. The smallest absolute Gasteiger partial charge is 0.254 e. The molecule has 1 aromatic heterocycles. The summed E-state index contributed by atoms with van der Waals surface area (Å²) >= 11 is 0. The van der Waals surface area contributed by atoms with Crippen LogP contribution in [0, 0.1) is 0 Å². The van der Waals surface area contributed by atoms with Gasteiger partial charge in [-0.05, 0) is 19.4 Å². The number of carbonyl (C=O) groups excluding carboxylic acids is 2. The molecule has 7 heteroatoms. The molecule has 0 radical (unpaired) electrons. The second-order valence-corrected chi connectivity index (χ2v) is 4.35. The van der Waals surface area contributed by atoms with Crippen LogP contribution in [0.5, 0.6) is 0 Å². The first-order valence-electron chi connectivity index (χ1n) is 6.31. The number of nitrogens with zero attached hydrogens (tertiary/aromatic N) is 1. The highest BCUT2D eigenvalue weighted by Gasteiger charge is 2.10. The van der Waals surface area contributed by atoms with Crippen molar-refractivity contribution in [3.05, 3.63) is 24.0 Å². The maximum absolute atomic E-state index is 11.8. The Bertz CT molecular complexity index is 454. The van der Waals surface area contributed by atoms with Gasteiger partial charge in [0.25, 0.3) is 5.91 Å². The van der Waals surface area contributed by atoms with Crippen LogP contribution in [0.4, 0.5) is 5.69 Å². The molecule has 6 nitrogen and oxygen atoms in total. The molecule has 0 spiro atoms. The maximum Gasteiger partial charge on any atom is 0.254 e. The Morgan fingerprint density at radius 1 is 1.45 bits per heavy atom. The Morgan fingerprint density at radius 3 is 2.75 bits per heavy atom. The maximum atomic E-state index is 11.8. The minimum atomic E-state index is -0.318. The summed E-state index contributed by atoms with van der Waals surface area (Å²) in [6, 6.07) is 1.71. The predicted octanol–water partition coefficient (Wildman–Crippen LogP) is 1.12. The number of rotatable bonds is 6. The zero-order chi connectivity index (χ0) is 14.3. The van der Waals surface area contributed by atoms with E-state index in [0.717, 1.165) is 6.42 Å². The van der Waals surface area contributed by atoms with Gasteiger partial charge in [-0.25, -0.2) is 0 Å². The fraction of sp³-hybridized carbons (Fsp3) is 0.462. The Hall–Kier alpha value is -1.82. The number of hydrogen-bond acceptors (Lipinski definition) is 4. The Morgan fingerprint density at radius 2 is 2.15 bits per heavy atom. The quantitative estimate of drug-likeness (QED) is 0.733. The number of amides is 2. The van der Waals surface area contributed by atoms with Gasteiger partial charge in [0.1, 0.15) is 0 Å². The van der Waals surface area contributed by atoms with Crippen LogP contribution in [0.15, 0.2) is 18.5 Å². The van der Waals surface area contributed by atoms with Crippen LogP contribution in [0.2, 0.25) is 0 Å². The number of halogens is 1. The number of anilines is 1. The summed E-state index contributed by atoms with van der Waals surface area (Å²) in [5.41, 5.74) is 6.35. The van der Waals surface area contributed by atoms with Gasteiger partial charge in [0.15, 0.2) is 0 Å². The van der Waals surface area contributed by atoms with E-state index in [4.69, 9.17) is 5.73 Å². The Kier molecular flexibility index (Phi) is 8.31. The molecule has 0 fully saturated rings. The number of nitrogen functional groups attached to an aromatic ring is 1. The van der Waals surface area contributed by atoms with Crippen molar-refractivity contribution in [2.45, 2.75) is 32.7 Å². The van der Waals surface area contributed by atoms with Crippen molar-refractivity contribution >= 4 is 29.9 Å². The topological polar surface area (TPSA) is 97.1 Å². The zero-order valence-electron chi connectivity index (χ0n) is 11.7. The Labute approximate surface area is 124 Å². The molecule has 0 aromatic carbocycles. The minimum Gasteiger partial charge on any atom is -0.398 e. The fourth-order valence-electron chi connectivity index (χ4n) is 1.43. The van der Waals surface area contributed by atoms with Gasteiger partial charge >= 0.3 is 0 Å². The zero-order valence-corrected chi connectivity index (χ0v) is 12.5. The number of nitrogens with one attached hydrogen (secondary N) is 2. The van der Waals surface area contributed by atoms with Crippen molar-refractivity contribution in [3.63, 3.8) is 0 Å². The third-order valence-electron chi connectivity index (χ3n) is 2.76. The van der Waals surface area contributed by atoms with Gasteiger partial charge in [0.2, 0.25) is 5.91 Å². The molecular formula is C13H21ClN4O2. The number of hydrogen-bond donors (Lipinski definition) is 3. The number of carbonyl (C=O) groups is 2. The van der Waals surface area contributed by atoms with Gasteiger partial charge in [0, 0.05) is 37.1 Å². The normalized spacial score (nSPS) is 11.1. The van der Waals surface area contributed by atoms with Crippen LogP contribution in [0.1, 0.15) is 37.0 Å². The van der Waals surface area contributed by atoms with E-state index in [1.54, 1.807) is 6.07 Å². The minimum absolute atomic E-state index is 0. The molecule has 1 rings (SSSR count). The van der Waals surface area contributed by atoms with Gasteiger partial charge in [-0.3, -0.25) is 14.6 Å². The van der Waals surface area contributed by atoms with Crippen LogP contribution < -0.4 is 16.4 Å². The summed E-state index contributed by atoms with van der Waals surface area (Å²) in [6.45, 7) is 4.21. The lowest BCUT2D eigenvalue weighted by atomic mass is 10.2. The SMILES string of the molecule is CCC(C)NC(=O)CCNC(=O)c1cnccc1N.Cl. The van der Waals surface area contributed by atoms with Crippen LogP contribution >= 0.6 is 12.4 Å². The van der Waals surface area contributed by atoms with Crippen LogP contribution in [-0.4, -0.2) is 29.4 Å². The summed E-state index contributed by atoms with van der Waals surface area (Å²) in [5, 5.41) is 5.47. The molecular weight excluding hydrogens is 280 g/mol. The molecule has 0 saturated carbocycles. The highest BCUT2D eigenvalue weighted by Crippen LogP contribution is 2.07. The predicted molar refractivity (Wildman–Crippen MR) is 80.7 cm³/mol. The fourth-order valence-corrected chi connectivity index (χ4v) is 1.43. The van der Waals surface area contributed by atoms with Gasteiger partial charge in [-0.1, -0.05) is 6.92 Å². The summed E-state index contributed by atoms with van der Waals surface area (Å²) in [5.74, 6) is -0.393. The molecule has 20 heavy (non-hydrogen) atoms. The average molecular weight is 301 g/mol. The molecule has 1 aromatic rings. The lowest BCUT2D eigenvalue weighted by Crippen LogP contribution is -2.35. The molecule has 0 saturated heterocycles. The molecule has 0 aliphatic rings. The highest BCUT2D eigenvalue weighted by molar-refractivity contribution is 5.98. The molecule has 1 atom stereocenters. The second kappa shape index (κ2) is 9.14. The molecule has 4 N–H and O–H groups in total. The van der Waals surface area contributed by atoms with Crippen molar-refractivity contribution < 1.29 is 9.59 Å². The number of pyridine rings is 1. The van der Waals surface area contributed by atoms with Crippen molar-refractivity contribution in [2.24, 2.45) is 0 Å². The molecule has 112 valence electrons. The van der Waals surface area contributed by atoms with Crippen molar-refractivity contribution in [1.29, 1.82) is 0 Å². The van der Waals surface area contributed by atoms with E-state index in [-0.39, 0.29) is 43.2 Å². The number of aromatic nitrogens is 1.